The molecule has 0 radical (unpaired) electrons. The zero-order chi connectivity index (χ0) is 13.7. The second-order valence-corrected chi connectivity index (χ2v) is 5.92. The summed E-state index contributed by atoms with van der Waals surface area (Å²) in [6, 6.07) is 0.897. The van der Waals surface area contributed by atoms with E-state index in [0.717, 1.165) is 13.1 Å². The topological polar surface area (TPSA) is 39.0 Å². The first kappa shape index (κ1) is 14.4. The van der Waals surface area contributed by atoms with Crippen LogP contribution in [0.1, 0.15) is 58.4 Å². The first-order valence-corrected chi connectivity index (χ1v) is 7.69. The molecule has 0 unspecified atom stereocenters. The Kier molecular flexibility index (Phi) is 5.25. The zero-order valence-corrected chi connectivity index (χ0v) is 12.3. The molecule has 0 spiro atoms. The fourth-order valence-corrected chi connectivity index (χ4v) is 2.86. The second-order valence-electron chi connectivity index (χ2n) is 5.92. The molecule has 0 atom stereocenters. The van der Waals surface area contributed by atoms with Gasteiger partial charge in [-0.15, -0.1) is 0 Å². The Morgan fingerprint density at radius 3 is 2.47 bits per heavy atom. The maximum atomic E-state index is 12.0. The van der Waals surface area contributed by atoms with Crippen molar-refractivity contribution in [3.05, 3.63) is 22.9 Å². The van der Waals surface area contributed by atoms with Crippen molar-refractivity contribution >= 4 is 0 Å². The van der Waals surface area contributed by atoms with Gasteiger partial charge in [-0.1, -0.05) is 25.7 Å². The first-order chi connectivity index (χ1) is 9.18. The average Bonchev–Trinajstić information content (AvgIpc) is 2.61. The summed E-state index contributed by atoms with van der Waals surface area (Å²) in [6.07, 6.45) is 11.8. The lowest BCUT2D eigenvalue weighted by Crippen LogP contribution is -2.34. The molecule has 1 N–H and O–H groups in total. The van der Waals surface area contributed by atoms with Crippen molar-refractivity contribution < 1.29 is 0 Å². The van der Waals surface area contributed by atoms with Crippen LogP contribution in [-0.4, -0.2) is 21.7 Å². The number of hydrogen-bond acceptors (Lipinski definition) is 2. The summed E-state index contributed by atoms with van der Waals surface area (Å²) in [5, 5.41) is 3.61. The number of hydrogen-bond donors (Lipinski definition) is 1. The van der Waals surface area contributed by atoms with Crippen LogP contribution < -0.4 is 11.0 Å². The molecular weight excluding hydrogens is 238 g/mol. The molecule has 1 aliphatic rings. The van der Waals surface area contributed by atoms with Gasteiger partial charge in [-0.05, 0) is 26.7 Å². The van der Waals surface area contributed by atoms with E-state index in [9.17, 15) is 4.79 Å². The third kappa shape index (κ3) is 3.96. The number of aromatic nitrogens is 2. The quantitative estimate of drug-likeness (QED) is 0.831. The van der Waals surface area contributed by atoms with E-state index in [1.54, 1.807) is 4.57 Å². The summed E-state index contributed by atoms with van der Waals surface area (Å²) >= 11 is 0. The van der Waals surface area contributed by atoms with Crippen LogP contribution in [0.15, 0.2) is 17.2 Å². The lowest BCUT2D eigenvalue weighted by Gasteiger charge is -2.16. The van der Waals surface area contributed by atoms with E-state index in [1.165, 1.54) is 38.5 Å². The lowest BCUT2D eigenvalue weighted by molar-refractivity contribution is 0.440. The van der Waals surface area contributed by atoms with Gasteiger partial charge in [0.25, 0.3) is 0 Å². The van der Waals surface area contributed by atoms with Gasteiger partial charge in [0.05, 0.1) is 0 Å². The van der Waals surface area contributed by atoms with Gasteiger partial charge in [-0.2, -0.15) is 0 Å². The summed E-state index contributed by atoms with van der Waals surface area (Å²) in [4.78, 5) is 12.0. The molecule has 4 heteroatoms. The number of nitrogens with zero attached hydrogens (tertiary/aromatic N) is 2. The average molecular weight is 265 g/mol. The molecular formula is C15H27N3O. The highest BCUT2D eigenvalue weighted by Crippen LogP contribution is 2.16. The molecule has 1 aromatic heterocycles. The maximum absolute atomic E-state index is 12.0. The predicted octanol–water partition coefficient (Wildman–Crippen LogP) is 2.54. The van der Waals surface area contributed by atoms with E-state index in [-0.39, 0.29) is 11.7 Å². The van der Waals surface area contributed by atoms with Crippen LogP contribution in [0.25, 0.3) is 0 Å². The van der Waals surface area contributed by atoms with E-state index in [1.807, 2.05) is 30.8 Å². The van der Waals surface area contributed by atoms with Gasteiger partial charge in [-0.25, -0.2) is 4.79 Å². The van der Waals surface area contributed by atoms with E-state index in [0.29, 0.717) is 6.04 Å². The molecule has 0 aliphatic heterocycles. The molecule has 1 aromatic rings. The van der Waals surface area contributed by atoms with Crippen LogP contribution in [0.3, 0.4) is 0 Å². The largest absolute Gasteiger partial charge is 0.328 e. The molecule has 1 heterocycles. The SMILES string of the molecule is CC(C)n1ccn(CCNC2CCCCCC2)c1=O. The van der Waals surface area contributed by atoms with Crippen LogP contribution in [0.4, 0.5) is 0 Å². The van der Waals surface area contributed by atoms with Crippen molar-refractivity contribution in [1.82, 2.24) is 14.5 Å². The highest BCUT2D eigenvalue weighted by molar-refractivity contribution is 4.84. The number of rotatable bonds is 5. The van der Waals surface area contributed by atoms with Crippen LogP contribution in [0.5, 0.6) is 0 Å². The highest BCUT2D eigenvalue weighted by atomic mass is 16.1. The Labute approximate surface area is 115 Å². The molecule has 0 amide bonds. The van der Waals surface area contributed by atoms with E-state index in [2.05, 4.69) is 5.32 Å². The van der Waals surface area contributed by atoms with Crippen molar-refractivity contribution in [2.24, 2.45) is 0 Å². The Morgan fingerprint density at radius 1 is 1.21 bits per heavy atom. The predicted molar refractivity (Wildman–Crippen MR) is 78.6 cm³/mol. The monoisotopic (exact) mass is 265 g/mol. The van der Waals surface area contributed by atoms with Gasteiger partial charge in [-0.3, -0.25) is 9.13 Å². The van der Waals surface area contributed by atoms with E-state index >= 15 is 0 Å². The smallest absolute Gasteiger partial charge is 0.312 e. The minimum absolute atomic E-state index is 0.109. The van der Waals surface area contributed by atoms with Crippen LogP contribution in [-0.2, 0) is 6.54 Å². The van der Waals surface area contributed by atoms with Crippen molar-refractivity contribution in [3.8, 4) is 0 Å². The third-order valence-electron chi connectivity index (χ3n) is 4.07. The molecule has 4 nitrogen and oxygen atoms in total. The normalized spacial score (nSPS) is 17.8. The Hall–Kier alpha value is -1.03. The van der Waals surface area contributed by atoms with Gasteiger partial charge in [0.2, 0.25) is 0 Å². The Bertz CT molecular complexity index is 425. The van der Waals surface area contributed by atoms with Crippen LogP contribution in [0, 0.1) is 0 Å². The maximum Gasteiger partial charge on any atom is 0.328 e. The minimum Gasteiger partial charge on any atom is -0.312 e. The fourth-order valence-electron chi connectivity index (χ4n) is 2.86. The van der Waals surface area contributed by atoms with Gasteiger partial charge in [0.1, 0.15) is 0 Å². The van der Waals surface area contributed by atoms with Crippen LogP contribution in [0.2, 0.25) is 0 Å². The van der Waals surface area contributed by atoms with Crippen molar-refractivity contribution in [2.75, 3.05) is 6.54 Å². The van der Waals surface area contributed by atoms with Gasteiger partial charge in [0, 0.05) is 37.6 Å². The van der Waals surface area contributed by atoms with Crippen molar-refractivity contribution in [1.29, 1.82) is 0 Å². The van der Waals surface area contributed by atoms with Crippen molar-refractivity contribution in [2.45, 2.75) is 71.0 Å². The van der Waals surface area contributed by atoms with Gasteiger partial charge in [0.15, 0.2) is 0 Å². The minimum atomic E-state index is 0.109. The van der Waals surface area contributed by atoms with Crippen molar-refractivity contribution in [3.63, 3.8) is 0 Å². The fraction of sp³-hybridized carbons (Fsp3) is 0.800. The molecule has 0 bridgehead atoms. The molecule has 0 saturated heterocycles. The summed E-state index contributed by atoms with van der Waals surface area (Å²) < 4.78 is 3.59. The van der Waals surface area contributed by atoms with E-state index in [4.69, 9.17) is 0 Å². The van der Waals surface area contributed by atoms with Gasteiger partial charge >= 0.3 is 5.69 Å². The molecule has 108 valence electrons. The molecule has 1 aliphatic carbocycles. The zero-order valence-electron chi connectivity index (χ0n) is 12.3. The van der Waals surface area contributed by atoms with Gasteiger partial charge < -0.3 is 5.32 Å². The number of imidazole rings is 1. The molecule has 0 aromatic carbocycles. The summed E-state index contributed by atoms with van der Waals surface area (Å²) in [6.45, 7) is 5.74. The molecule has 1 fully saturated rings. The molecule has 1 saturated carbocycles. The third-order valence-corrected chi connectivity index (χ3v) is 4.07. The first-order valence-electron chi connectivity index (χ1n) is 7.69. The summed E-state index contributed by atoms with van der Waals surface area (Å²) in [7, 11) is 0. The standard InChI is InChI=1S/C15H27N3O/c1-13(2)18-12-11-17(15(18)19)10-9-16-14-7-5-3-4-6-8-14/h11-14,16H,3-10H2,1-2H3. The second kappa shape index (κ2) is 6.94. The van der Waals surface area contributed by atoms with Crippen LogP contribution >= 0.6 is 0 Å². The summed E-state index contributed by atoms with van der Waals surface area (Å²) in [5.74, 6) is 0. The highest BCUT2D eigenvalue weighted by Gasteiger charge is 2.11. The molecule has 19 heavy (non-hydrogen) atoms. The Balaban J connectivity index is 1.80. The number of nitrogens with one attached hydrogen (secondary N) is 1. The van der Waals surface area contributed by atoms with E-state index < -0.39 is 0 Å². The summed E-state index contributed by atoms with van der Waals surface area (Å²) in [5.41, 5.74) is 0.109. The Morgan fingerprint density at radius 2 is 1.89 bits per heavy atom. The molecule has 2 rings (SSSR count). The lowest BCUT2D eigenvalue weighted by atomic mass is 10.1.